The summed E-state index contributed by atoms with van der Waals surface area (Å²) in [6, 6.07) is 27.7. The van der Waals surface area contributed by atoms with Crippen LogP contribution in [0.1, 0.15) is 96.6 Å². The molecule has 5 rings (SSSR count). The van der Waals surface area contributed by atoms with Crippen LogP contribution < -0.4 is 0 Å². The van der Waals surface area contributed by atoms with Gasteiger partial charge in [-0.25, -0.2) is 0 Å². The van der Waals surface area contributed by atoms with Crippen LogP contribution in [0.2, 0.25) is 0 Å². The zero-order chi connectivity index (χ0) is 27.1. The van der Waals surface area contributed by atoms with Crippen LogP contribution >= 0.6 is 0 Å². The number of aromatic hydroxyl groups is 4. The van der Waals surface area contributed by atoms with Crippen molar-refractivity contribution in [3.05, 3.63) is 118 Å². The molecule has 0 radical (unpaired) electrons. The molecule has 1 aliphatic carbocycles. The molecule has 0 aliphatic heterocycles. The van der Waals surface area contributed by atoms with Gasteiger partial charge in [0.25, 0.3) is 0 Å². The molecule has 0 bridgehead atoms. The summed E-state index contributed by atoms with van der Waals surface area (Å²) >= 11 is 0. The van der Waals surface area contributed by atoms with Crippen molar-refractivity contribution in [3.63, 3.8) is 0 Å². The lowest BCUT2D eigenvalue weighted by Gasteiger charge is -2.54. The standard InChI is InChI=1S/C34H36O4/c1-19(2)29-25(35)15-23(16-26(29)36)33-31(21-11-7-5-8-12-21)34(32(33)22-13-9-6-10-14-22)24-17-27(37)30(20(3)4)28(38)18-24/h5-20,31-38H,1-4H3. The average molecular weight is 509 g/mol. The van der Waals surface area contributed by atoms with Gasteiger partial charge in [0.1, 0.15) is 23.0 Å². The minimum atomic E-state index is -0.0446. The first-order valence-corrected chi connectivity index (χ1v) is 13.4. The zero-order valence-corrected chi connectivity index (χ0v) is 22.3. The first-order valence-electron chi connectivity index (χ1n) is 13.4. The molecular weight excluding hydrogens is 472 g/mol. The van der Waals surface area contributed by atoms with Crippen LogP contribution in [-0.4, -0.2) is 20.4 Å². The fraction of sp³-hybridized carbons (Fsp3) is 0.294. The van der Waals surface area contributed by atoms with E-state index in [0.29, 0.717) is 11.1 Å². The summed E-state index contributed by atoms with van der Waals surface area (Å²) in [5, 5.41) is 43.7. The van der Waals surface area contributed by atoms with Gasteiger partial charge >= 0.3 is 0 Å². The van der Waals surface area contributed by atoms with Gasteiger partial charge in [0.2, 0.25) is 0 Å². The Labute approximate surface area is 224 Å². The summed E-state index contributed by atoms with van der Waals surface area (Å²) in [5.74, 6) is 0.290. The number of benzene rings is 4. The Kier molecular flexibility index (Phi) is 6.83. The van der Waals surface area contributed by atoms with Gasteiger partial charge in [-0.15, -0.1) is 0 Å². The van der Waals surface area contributed by atoms with Crippen molar-refractivity contribution in [2.24, 2.45) is 0 Å². The van der Waals surface area contributed by atoms with Gasteiger partial charge in [-0.2, -0.15) is 0 Å². The Bertz CT molecular complexity index is 1260. The highest BCUT2D eigenvalue weighted by atomic mass is 16.3. The van der Waals surface area contributed by atoms with Gasteiger partial charge in [-0.3, -0.25) is 0 Å². The molecule has 4 nitrogen and oxygen atoms in total. The topological polar surface area (TPSA) is 80.9 Å². The highest BCUT2D eigenvalue weighted by Crippen LogP contribution is 2.67. The monoisotopic (exact) mass is 508 g/mol. The average Bonchev–Trinajstić information content (AvgIpc) is 2.83. The van der Waals surface area contributed by atoms with Gasteiger partial charge in [-0.1, -0.05) is 88.4 Å². The molecule has 0 saturated heterocycles. The fourth-order valence-corrected chi connectivity index (χ4v) is 6.61. The van der Waals surface area contributed by atoms with Crippen molar-refractivity contribution in [1.82, 2.24) is 0 Å². The second-order valence-electron chi connectivity index (χ2n) is 11.2. The van der Waals surface area contributed by atoms with E-state index >= 15 is 0 Å². The third kappa shape index (κ3) is 4.38. The minimum absolute atomic E-state index is 0.00574. The fourth-order valence-electron chi connectivity index (χ4n) is 6.61. The first kappa shape index (κ1) is 25.7. The molecular formula is C34H36O4. The van der Waals surface area contributed by atoms with Crippen LogP contribution in [0.4, 0.5) is 0 Å². The molecule has 4 aromatic carbocycles. The third-order valence-electron chi connectivity index (χ3n) is 8.16. The van der Waals surface area contributed by atoms with Crippen molar-refractivity contribution in [1.29, 1.82) is 0 Å². The molecule has 0 heterocycles. The number of hydrogen-bond acceptors (Lipinski definition) is 4. The van der Waals surface area contributed by atoms with E-state index in [1.807, 2.05) is 64.1 Å². The van der Waals surface area contributed by atoms with Gasteiger partial charge in [0.05, 0.1) is 0 Å². The molecule has 0 spiro atoms. The minimum Gasteiger partial charge on any atom is -0.508 e. The maximum absolute atomic E-state index is 10.9. The Balaban J connectivity index is 1.72. The highest BCUT2D eigenvalue weighted by molar-refractivity contribution is 5.57. The molecule has 4 aromatic rings. The van der Waals surface area contributed by atoms with Crippen molar-refractivity contribution in [2.45, 2.75) is 63.2 Å². The van der Waals surface area contributed by atoms with Crippen LogP contribution in [0, 0.1) is 0 Å². The predicted octanol–water partition coefficient (Wildman–Crippen LogP) is 8.20. The SMILES string of the molecule is CC(C)c1c(O)cc(C2C(c3ccccc3)C(c3cc(O)c(C(C)C)c(O)c3)C2c2ccccc2)cc1O. The van der Waals surface area contributed by atoms with E-state index < -0.39 is 0 Å². The Hall–Kier alpha value is -3.92. The lowest BCUT2D eigenvalue weighted by atomic mass is 9.49. The van der Waals surface area contributed by atoms with Crippen molar-refractivity contribution >= 4 is 0 Å². The molecule has 1 fully saturated rings. The molecule has 196 valence electrons. The lowest BCUT2D eigenvalue weighted by Crippen LogP contribution is -2.40. The number of phenolic OH excluding ortho intramolecular Hbond substituents is 4. The third-order valence-corrected chi connectivity index (χ3v) is 8.16. The van der Waals surface area contributed by atoms with Crippen molar-refractivity contribution in [3.8, 4) is 23.0 Å². The Morgan fingerprint density at radius 2 is 0.684 bits per heavy atom. The van der Waals surface area contributed by atoms with E-state index in [4.69, 9.17) is 0 Å². The molecule has 1 saturated carbocycles. The van der Waals surface area contributed by atoms with E-state index in [1.54, 1.807) is 24.3 Å². The summed E-state index contributed by atoms with van der Waals surface area (Å²) in [6.45, 7) is 7.81. The van der Waals surface area contributed by atoms with Crippen LogP contribution in [0.5, 0.6) is 23.0 Å². The Morgan fingerprint density at radius 3 is 0.947 bits per heavy atom. The largest absolute Gasteiger partial charge is 0.508 e. The summed E-state index contributed by atoms with van der Waals surface area (Å²) in [5.41, 5.74) is 5.11. The number of phenols is 4. The maximum atomic E-state index is 10.9. The molecule has 0 aromatic heterocycles. The van der Waals surface area contributed by atoms with Crippen molar-refractivity contribution in [2.75, 3.05) is 0 Å². The lowest BCUT2D eigenvalue weighted by molar-refractivity contribution is 0.227. The van der Waals surface area contributed by atoms with Crippen LogP contribution in [-0.2, 0) is 0 Å². The van der Waals surface area contributed by atoms with E-state index in [1.165, 1.54) is 0 Å². The molecule has 4 N–H and O–H groups in total. The summed E-state index contributed by atoms with van der Waals surface area (Å²) in [4.78, 5) is 0. The van der Waals surface area contributed by atoms with E-state index in [-0.39, 0.29) is 58.5 Å². The second kappa shape index (κ2) is 10.1. The van der Waals surface area contributed by atoms with E-state index in [0.717, 1.165) is 22.3 Å². The second-order valence-corrected chi connectivity index (χ2v) is 11.2. The van der Waals surface area contributed by atoms with Gasteiger partial charge in [-0.05, 0) is 82.0 Å². The highest BCUT2D eigenvalue weighted by Gasteiger charge is 2.53. The van der Waals surface area contributed by atoms with Crippen LogP contribution in [0.25, 0.3) is 0 Å². The normalized spacial score (nSPS) is 21.0. The van der Waals surface area contributed by atoms with Crippen LogP contribution in [0.15, 0.2) is 84.9 Å². The molecule has 0 unspecified atom stereocenters. The molecule has 1 aliphatic rings. The Morgan fingerprint density at radius 1 is 0.421 bits per heavy atom. The quantitative estimate of drug-likeness (QED) is 0.212. The van der Waals surface area contributed by atoms with Crippen LogP contribution in [0.3, 0.4) is 0 Å². The summed E-state index contributed by atoms with van der Waals surface area (Å²) in [6.07, 6.45) is 0. The maximum Gasteiger partial charge on any atom is 0.123 e. The van der Waals surface area contributed by atoms with Gasteiger partial charge in [0, 0.05) is 11.1 Å². The van der Waals surface area contributed by atoms with Crippen molar-refractivity contribution < 1.29 is 20.4 Å². The summed E-state index contributed by atoms with van der Waals surface area (Å²) < 4.78 is 0. The smallest absolute Gasteiger partial charge is 0.123 e. The molecule has 0 atom stereocenters. The molecule has 0 amide bonds. The molecule has 38 heavy (non-hydrogen) atoms. The molecule has 4 heteroatoms. The zero-order valence-electron chi connectivity index (χ0n) is 22.3. The van der Waals surface area contributed by atoms with E-state index in [2.05, 4.69) is 24.3 Å². The van der Waals surface area contributed by atoms with Gasteiger partial charge < -0.3 is 20.4 Å². The number of rotatable bonds is 6. The number of hydrogen-bond donors (Lipinski definition) is 4. The first-order chi connectivity index (χ1) is 18.2. The summed E-state index contributed by atoms with van der Waals surface area (Å²) in [7, 11) is 0. The van der Waals surface area contributed by atoms with E-state index in [9.17, 15) is 20.4 Å². The van der Waals surface area contributed by atoms with Gasteiger partial charge in [0.15, 0.2) is 0 Å². The predicted molar refractivity (Wildman–Crippen MR) is 152 cm³/mol.